The molecule has 0 amide bonds. The normalized spacial score (nSPS) is 13.6. The molecular weight excluding hydrogens is 290 g/mol. The number of rotatable bonds is 6. The summed E-state index contributed by atoms with van der Waals surface area (Å²) in [5, 5.41) is 3.26. The van der Waals surface area contributed by atoms with Crippen LogP contribution >= 0.6 is 15.9 Å². The second kappa shape index (κ2) is 7.27. The van der Waals surface area contributed by atoms with Crippen LogP contribution in [-0.4, -0.2) is 25.8 Å². The van der Waals surface area contributed by atoms with Gasteiger partial charge >= 0.3 is 0 Å². The van der Waals surface area contributed by atoms with Gasteiger partial charge in [0.1, 0.15) is 0 Å². The third kappa shape index (κ3) is 5.98. The third-order valence-electron chi connectivity index (χ3n) is 2.79. The van der Waals surface area contributed by atoms with Gasteiger partial charge < -0.3 is 10.1 Å². The van der Waals surface area contributed by atoms with E-state index < -0.39 is 0 Å². The molecule has 2 nitrogen and oxygen atoms in total. The zero-order chi connectivity index (χ0) is 13.6. The molecule has 1 N–H and O–H groups in total. The largest absolute Gasteiger partial charge is 0.376 e. The van der Waals surface area contributed by atoms with Crippen molar-refractivity contribution in [1.82, 2.24) is 5.32 Å². The Morgan fingerprint density at radius 1 is 1.22 bits per heavy atom. The highest BCUT2D eigenvalue weighted by Crippen LogP contribution is 2.22. The second-order valence-electron chi connectivity index (χ2n) is 5.56. The molecule has 1 aromatic rings. The first-order valence-corrected chi connectivity index (χ1v) is 7.25. The van der Waals surface area contributed by atoms with Crippen LogP contribution in [0, 0.1) is 0 Å². The molecule has 0 aliphatic rings. The van der Waals surface area contributed by atoms with E-state index in [1.807, 2.05) is 7.05 Å². The van der Waals surface area contributed by atoms with Gasteiger partial charge in [-0.2, -0.15) is 0 Å². The van der Waals surface area contributed by atoms with Gasteiger partial charge in [0.25, 0.3) is 0 Å². The summed E-state index contributed by atoms with van der Waals surface area (Å²) in [5.74, 6) is 0.505. The Bertz CT molecular complexity index is 343. The van der Waals surface area contributed by atoms with Crippen LogP contribution in [0.5, 0.6) is 0 Å². The molecular formula is C15H24BrNO. The third-order valence-corrected chi connectivity index (χ3v) is 3.32. The standard InChI is InChI=1S/C15H24BrNO/c1-15(2,3)18-10-9-13(11-17-4)12-5-7-14(16)8-6-12/h5-8,13,17H,9-11H2,1-4H3. The summed E-state index contributed by atoms with van der Waals surface area (Å²) in [6.07, 6.45) is 1.04. The van der Waals surface area contributed by atoms with Crippen LogP contribution in [0.25, 0.3) is 0 Å². The summed E-state index contributed by atoms with van der Waals surface area (Å²) in [6.45, 7) is 8.07. The highest BCUT2D eigenvalue weighted by molar-refractivity contribution is 9.10. The number of hydrogen-bond donors (Lipinski definition) is 1. The Kier molecular flexibility index (Phi) is 6.33. The molecule has 0 aliphatic heterocycles. The summed E-state index contributed by atoms with van der Waals surface area (Å²) < 4.78 is 6.94. The lowest BCUT2D eigenvalue weighted by Crippen LogP contribution is -2.23. The molecule has 1 aromatic carbocycles. The van der Waals surface area contributed by atoms with Gasteiger partial charge in [0, 0.05) is 17.6 Å². The van der Waals surface area contributed by atoms with Gasteiger partial charge in [-0.25, -0.2) is 0 Å². The predicted octanol–water partition coefficient (Wildman–Crippen LogP) is 3.96. The number of likely N-dealkylation sites (N-methyl/N-ethyl adjacent to an activating group) is 1. The summed E-state index contributed by atoms with van der Waals surface area (Å²) in [4.78, 5) is 0. The molecule has 0 spiro atoms. The zero-order valence-electron chi connectivity index (χ0n) is 11.8. The number of nitrogens with one attached hydrogen (secondary N) is 1. The molecule has 0 bridgehead atoms. The minimum Gasteiger partial charge on any atom is -0.376 e. The van der Waals surface area contributed by atoms with Crippen molar-refractivity contribution in [3.63, 3.8) is 0 Å². The first-order valence-electron chi connectivity index (χ1n) is 6.46. The summed E-state index contributed by atoms with van der Waals surface area (Å²) >= 11 is 3.47. The fourth-order valence-electron chi connectivity index (χ4n) is 1.88. The number of hydrogen-bond acceptors (Lipinski definition) is 2. The molecule has 102 valence electrons. The zero-order valence-corrected chi connectivity index (χ0v) is 13.4. The fraction of sp³-hybridized carbons (Fsp3) is 0.600. The topological polar surface area (TPSA) is 21.3 Å². The SMILES string of the molecule is CNCC(CCOC(C)(C)C)c1ccc(Br)cc1. The molecule has 0 fully saturated rings. The van der Waals surface area contributed by atoms with Gasteiger partial charge in [-0.1, -0.05) is 28.1 Å². The second-order valence-corrected chi connectivity index (χ2v) is 6.47. The van der Waals surface area contributed by atoms with Crippen molar-refractivity contribution in [3.8, 4) is 0 Å². The van der Waals surface area contributed by atoms with E-state index in [4.69, 9.17) is 4.74 Å². The average molecular weight is 314 g/mol. The first-order chi connectivity index (χ1) is 8.42. The Hall–Kier alpha value is -0.380. The van der Waals surface area contributed by atoms with Gasteiger partial charge in [0.15, 0.2) is 0 Å². The smallest absolute Gasteiger partial charge is 0.0598 e. The van der Waals surface area contributed by atoms with Crippen molar-refractivity contribution in [2.75, 3.05) is 20.2 Å². The maximum Gasteiger partial charge on any atom is 0.0598 e. The van der Waals surface area contributed by atoms with E-state index in [1.165, 1.54) is 5.56 Å². The van der Waals surface area contributed by atoms with Crippen molar-refractivity contribution in [3.05, 3.63) is 34.3 Å². The average Bonchev–Trinajstić information content (AvgIpc) is 2.27. The van der Waals surface area contributed by atoms with E-state index >= 15 is 0 Å². The Morgan fingerprint density at radius 2 is 1.83 bits per heavy atom. The van der Waals surface area contributed by atoms with E-state index in [2.05, 4.69) is 66.3 Å². The van der Waals surface area contributed by atoms with Crippen LogP contribution in [0.2, 0.25) is 0 Å². The molecule has 1 unspecified atom stereocenters. The van der Waals surface area contributed by atoms with Gasteiger partial charge in [-0.05, 0) is 57.9 Å². The van der Waals surface area contributed by atoms with Crippen LogP contribution < -0.4 is 5.32 Å². The molecule has 0 radical (unpaired) electrons. The molecule has 0 aromatic heterocycles. The fourth-order valence-corrected chi connectivity index (χ4v) is 2.14. The van der Waals surface area contributed by atoms with E-state index in [1.54, 1.807) is 0 Å². The molecule has 1 rings (SSSR count). The van der Waals surface area contributed by atoms with Crippen molar-refractivity contribution in [1.29, 1.82) is 0 Å². The maximum atomic E-state index is 5.81. The summed E-state index contributed by atoms with van der Waals surface area (Å²) in [5.41, 5.74) is 1.31. The Morgan fingerprint density at radius 3 is 2.33 bits per heavy atom. The van der Waals surface area contributed by atoms with Gasteiger partial charge in [0.2, 0.25) is 0 Å². The van der Waals surface area contributed by atoms with Crippen LogP contribution in [-0.2, 0) is 4.74 Å². The van der Waals surface area contributed by atoms with Crippen molar-refractivity contribution >= 4 is 15.9 Å². The summed E-state index contributed by atoms with van der Waals surface area (Å²) in [6, 6.07) is 8.57. The number of benzene rings is 1. The highest BCUT2D eigenvalue weighted by atomic mass is 79.9. The lowest BCUT2D eigenvalue weighted by atomic mass is 9.96. The van der Waals surface area contributed by atoms with Crippen molar-refractivity contribution in [2.24, 2.45) is 0 Å². The quantitative estimate of drug-likeness (QED) is 0.858. The molecule has 0 saturated heterocycles. The molecule has 1 atom stereocenters. The van der Waals surface area contributed by atoms with Gasteiger partial charge in [-0.15, -0.1) is 0 Å². The Labute approximate surface area is 119 Å². The van der Waals surface area contributed by atoms with E-state index in [9.17, 15) is 0 Å². The van der Waals surface area contributed by atoms with Crippen LogP contribution in [0.3, 0.4) is 0 Å². The van der Waals surface area contributed by atoms with E-state index in [0.29, 0.717) is 5.92 Å². The predicted molar refractivity (Wildman–Crippen MR) is 81.1 cm³/mol. The maximum absolute atomic E-state index is 5.81. The molecule has 0 saturated carbocycles. The molecule has 3 heteroatoms. The van der Waals surface area contributed by atoms with Crippen LogP contribution in [0.15, 0.2) is 28.7 Å². The van der Waals surface area contributed by atoms with E-state index in [0.717, 1.165) is 24.0 Å². The summed E-state index contributed by atoms with van der Waals surface area (Å²) in [7, 11) is 2.00. The highest BCUT2D eigenvalue weighted by Gasteiger charge is 2.14. The van der Waals surface area contributed by atoms with Crippen LogP contribution in [0.4, 0.5) is 0 Å². The number of halogens is 1. The van der Waals surface area contributed by atoms with E-state index in [-0.39, 0.29) is 5.60 Å². The molecule has 18 heavy (non-hydrogen) atoms. The molecule has 0 aliphatic carbocycles. The van der Waals surface area contributed by atoms with Crippen molar-refractivity contribution in [2.45, 2.75) is 38.7 Å². The van der Waals surface area contributed by atoms with Crippen LogP contribution in [0.1, 0.15) is 38.7 Å². The minimum absolute atomic E-state index is 0.0517. The lowest BCUT2D eigenvalue weighted by molar-refractivity contribution is -0.00618. The minimum atomic E-state index is -0.0517. The van der Waals surface area contributed by atoms with Gasteiger partial charge in [0.05, 0.1) is 5.60 Å². The number of ether oxygens (including phenoxy) is 1. The van der Waals surface area contributed by atoms with Gasteiger partial charge in [-0.3, -0.25) is 0 Å². The Balaban J connectivity index is 2.57. The lowest BCUT2D eigenvalue weighted by Gasteiger charge is -2.23. The monoisotopic (exact) mass is 313 g/mol. The molecule has 0 heterocycles. The van der Waals surface area contributed by atoms with Crippen molar-refractivity contribution < 1.29 is 4.74 Å². The first kappa shape index (κ1) is 15.7.